The Hall–Kier alpha value is -2.69. The molecule has 1 N–H and O–H groups in total. The van der Waals surface area contributed by atoms with Crippen LogP contribution in [0, 0.1) is 28.6 Å². The third kappa shape index (κ3) is 6.66. The molecule has 0 aliphatic heterocycles. The Morgan fingerprint density at radius 3 is 2.42 bits per heavy atom. The van der Waals surface area contributed by atoms with Crippen LogP contribution < -0.4 is 10.1 Å². The summed E-state index contributed by atoms with van der Waals surface area (Å²) in [6.07, 6.45) is 1.44. The SMILES string of the molecule is N#C/C(=C\c1cc(I)c(OCc2ccccc2)c(I)c1)C(=O)Nc1cc([N+](=O)[O-])ccc1Cl. The van der Waals surface area contributed by atoms with Crippen molar-refractivity contribution in [2.75, 3.05) is 5.32 Å². The Labute approximate surface area is 221 Å². The Balaban J connectivity index is 1.80. The van der Waals surface area contributed by atoms with E-state index in [0.29, 0.717) is 17.9 Å². The number of rotatable bonds is 7. The molecule has 0 heterocycles. The molecule has 33 heavy (non-hydrogen) atoms. The maximum atomic E-state index is 12.6. The second-order valence-corrected chi connectivity index (χ2v) is 9.36. The molecule has 0 bridgehead atoms. The van der Waals surface area contributed by atoms with Crippen molar-refractivity contribution in [3.8, 4) is 11.8 Å². The number of carbonyl (C=O) groups is 1. The lowest BCUT2D eigenvalue weighted by Crippen LogP contribution is -2.14. The first kappa shape index (κ1) is 24.9. The Bertz CT molecular complexity index is 1270. The quantitative estimate of drug-likeness (QED) is 0.0995. The van der Waals surface area contributed by atoms with Gasteiger partial charge in [-0.05, 0) is 80.6 Å². The maximum Gasteiger partial charge on any atom is 0.271 e. The monoisotopic (exact) mass is 685 g/mol. The van der Waals surface area contributed by atoms with Gasteiger partial charge in [-0.3, -0.25) is 14.9 Å². The van der Waals surface area contributed by atoms with Crippen LogP contribution in [0.1, 0.15) is 11.1 Å². The molecule has 0 fully saturated rings. The predicted octanol–water partition coefficient (Wildman–Crippen LogP) is 6.58. The van der Waals surface area contributed by atoms with Crippen LogP contribution in [-0.4, -0.2) is 10.8 Å². The predicted molar refractivity (Wildman–Crippen MR) is 143 cm³/mol. The van der Waals surface area contributed by atoms with E-state index in [0.717, 1.165) is 18.8 Å². The first-order chi connectivity index (χ1) is 15.8. The summed E-state index contributed by atoms with van der Waals surface area (Å²) >= 11 is 10.3. The van der Waals surface area contributed by atoms with Crippen molar-refractivity contribution >= 4 is 80.1 Å². The zero-order valence-electron chi connectivity index (χ0n) is 16.7. The lowest BCUT2D eigenvalue weighted by atomic mass is 10.1. The van der Waals surface area contributed by atoms with Gasteiger partial charge in [-0.25, -0.2) is 0 Å². The molecule has 0 radical (unpaired) electrons. The topological polar surface area (TPSA) is 105 Å². The Morgan fingerprint density at radius 2 is 1.82 bits per heavy atom. The molecule has 1 amide bonds. The molecule has 3 rings (SSSR count). The van der Waals surface area contributed by atoms with Gasteiger partial charge in [-0.2, -0.15) is 5.26 Å². The number of non-ortho nitro benzene ring substituents is 1. The summed E-state index contributed by atoms with van der Waals surface area (Å²) in [5.41, 5.74) is 1.31. The minimum Gasteiger partial charge on any atom is -0.487 e. The molecular weight excluding hydrogens is 672 g/mol. The number of nitro groups is 1. The minimum atomic E-state index is -0.727. The molecule has 3 aromatic carbocycles. The van der Waals surface area contributed by atoms with Crippen molar-refractivity contribution in [1.82, 2.24) is 0 Å². The van der Waals surface area contributed by atoms with E-state index in [9.17, 15) is 20.2 Å². The summed E-state index contributed by atoms with van der Waals surface area (Å²) in [4.78, 5) is 23.0. The maximum absolute atomic E-state index is 12.6. The Kier molecular flexibility index (Phi) is 8.65. The smallest absolute Gasteiger partial charge is 0.271 e. The van der Waals surface area contributed by atoms with Crippen LogP contribution in [0.3, 0.4) is 0 Å². The standard InChI is InChI=1S/C23H14ClI2N3O4/c24-18-7-6-17(29(31)32)11-21(18)28-23(30)16(12-27)8-15-9-19(25)22(20(26)10-15)33-13-14-4-2-1-3-5-14/h1-11H,13H2,(H,28,30)/b16-8+. The van der Waals surface area contributed by atoms with Gasteiger partial charge in [-0.1, -0.05) is 41.9 Å². The molecule has 0 atom stereocenters. The third-order valence-electron chi connectivity index (χ3n) is 4.33. The first-order valence-corrected chi connectivity index (χ1v) is 11.8. The summed E-state index contributed by atoms with van der Waals surface area (Å²) in [6.45, 7) is 0.415. The van der Waals surface area contributed by atoms with Crippen molar-refractivity contribution in [2.45, 2.75) is 6.61 Å². The first-order valence-electron chi connectivity index (χ1n) is 9.31. The van der Waals surface area contributed by atoms with Gasteiger partial charge in [0.15, 0.2) is 0 Å². The normalized spacial score (nSPS) is 10.9. The van der Waals surface area contributed by atoms with Crippen LogP contribution in [0.15, 0.2) is 66.2 Å². The number of amides is 1. The fourth-order valence-corrected chi connectivity index (χ4v) is 5.05. The number of nitro benzene ring substituents is 1. The number of ether oxygens (including phenoxy) is 1. The number of hydrogen-bond donors (Lipinski definition) is 1. The lowest BCUT2D eigenvalue weighted by molar-refractivity contribution is -0.384. The summed E-state index contributed by atoms with van der Waals surface area (Å²) < 4.78 is 7.60. The fourth-order valence-electron chi connectivity index (χ4n) is 2.76. The van der Waals surface area contributed by atoms with Gasteiger partial charge in [0.1, 0.15) is 24.0 Å². The van der Waals surface area contributed by atoms with E-state index < -0.39 is 10.8 Å². The van der Waals surface area contributed by atoms with Crippen molar-refractivity contribution in [2.24, 2.45) is 0 Å². The number of hydrogen-bond acceptors (Lipinski definition) is 5. The van der Waals surface area contributed by atoms with Crippen molar-refractivity contribution in [1.29, 1.82) is 5.26 Å². The van der Waals surface area contributed by atoms with E-state index in [-0.39, 0.29) is 22.0 Å². The van der Waals surface area contributed by atoms with Crippen LogP contribution >= 0.6 is 56.8 Å². The van der Waals surface area contributed by atoms with Gasteiger partial charge in [-0.15, -0.1) is 0 Å². The van der Waals surface area contributed by atoms with Gasteiger partial charge >= 0.3 is 0 Å². The number of anilines is 1. The van der Waals surface area contributed by atoms with Crippen LogP contribution in [-0.2, 0) is 11.4 Å². The van der Waals surface area contributed by atoms with E-state index in [1.807, 2.05) is 36.4 Å². The number of benzene rings is 3. The number of nitriles is 1. The number of halogens is 3. The second-order valence-electron chi connectivity index (χ2n) is 6.63. The second kappa shape index (κ2) is 11.4. The summed E-state index contributed by atoms with van der Waals surface area (Å²) in [7, 11) is 0. The van der Waals surface area contributed by atoms with E-state index in [2.05, 4.69) is 50.5 Å². The lowest BCUT2D eigenvalue weighted by Gasteiger charge is -2.12. The molecule has 7 nitrogen and oxygen atoms in total. The van der Waals surface area contributed by atoms with Gasteiger partial charge in [0.05, 0.1) is 22.8 Å². The molecule has 0 unspecified atom stereocenters. The van der Waals surface area contributed by atoms with Crippen molar-refractivity contribution < 1.29 is 14.5 Å². The average molecular weight is 686 g/mol. The van der Waals surface area contributed by atoms with Crippen LogP contribution in [0.4, 0.5) is 11.4 Å². The molecule has 0 saturated carbocycles. The zero-order chi connectivity index (χ0) is 24.0. The van der Waals surface area contributed by atoms with Gasteiger partial charge < -0.3 is 10.1 Å². The summed E-state index contributed by atoms with van der Waals surface area (Å²) in [5, 5.41) is 23.1. The van der Waals surface area contributed by atoms with E-state index in [1.165, 1.54) is 18.2 Å². The number of carbonyl (C=O) groups excluding carboxylic acids is 1. The van der Waals surface area contributed by atoms with E-state index in [4.69, 9.17) is 16.3 Å². The summed E-state index contributed by atoms with van der Waals surface area (Å²) in [6, 6.07) is 18.9. The van der Waals surface area contributed by atoms with E-state index >= 15 is 0 Å². The molecule has 0 spiro atoms. The highest BCUT2D eigenvalue weighted by molar-refractivity contribution is 14.1. The highest BCUT2D eigenvalue weighted by Crippen LogP contribution is 2.31. The molecule has 3 aromatic rings. The van der Waals surface area contributed by atoms with Crippen molar-refractivity contribution in [3.05, 3.63) is 99.6 Å². The third-order valence-corrected chi connectivity index (χ3v) is 6.26. The highest BCUT2D eigenvalue weighted by atomic mass is 127. The minimum absolute atomic E-state index is 0.0471. The largest absolute Gasteiger partial charge is 0.487 e. The van der Waals surface area contributed by atoms with Gasteiger partial charge in [0.2, 0.25) is 0 Å². The van der Waals surface area contributed by atoms with Crippen LogP contribution in [0.25, 0.3) is 6.08 Å². The molecule has 0 saturated heterocycles. The van der Waals surface area contributed by atoms with Crippen molar-refractivity contribution in [3.63, 3.8) is 0 Å². The van der Waals surface area contributed by atoms with Gasteiger partial charge in [0.25, 0.3) is 11.6 Å². The molecule has 0 aliphatic rings. The average Bonchev–Trinajstić information content (AvgIpc) is 2.78. The highest BCUT2D eigenvalue weighted by Gasteiger charge is 2.16. The number of nitrogens with zero attached hydrogens (tertiary/aromatic N) is 2. The van der Waals surface area contributed by atoms with Crippen LogP contribution in [0.2, 0.25) is 5.02 Å². The zero-order valence-corrected chi connectivity index (χ0v) is 21.8. The molecule has 166 valence electrons. The molecule has 10 heteroatoms. The molecule has 0 aliphatic carbocycles. The molecular formula is C23H14ClI2N3O4. The van der Waals surface area contributed by atoms with Gasteiger partial charge in [0, 0.05) is 12.1 Å². The number of nitrogens with one attached hydrogen (secondary N) is 1. The van der Waals surface area contributed by atoms with E-state index in [1.54, 1.807) is 12.1 Å². The molecule has 0 aromatic heterocycles. The fraction of sp³-hybridized carbons (Fsp3) is 0.0435. The van der Waals surface area contributed by atoms with Crippen LogP contribution in [0.5, 0.6) is 5.75 Å². The Morgan fingerprint density at radius 1 is 1.15 bits per heavy atom. The summed E-state index contributed by atoms with van der Waals surface area (Å²) in [5.74, 6) is -0.0159.